The van der Waals surface area contributed by atoms with E-state index in [-0.39, 0.29) is 6.61 Å². The first kappa shape index (κ1) is 15.8. The standard InChI is InChI=1S/C15H11Cl3N2O/c16-13-5-6-14(17)15(18)12(13)9-20-10-1-3-11(4-2-10)21-8-7-19/h1-6,20H,8-9H2. The van der Waals surface area contributed by atoms with Gasteiger partial charge in [0.2, 0.25) is 0 Å². The molecule has 0 heterocycles. The zero-order valence-electron chi connectivity index (χ0n) is 10.9. The second kappa shape index (κ2) is 7.42. The van der Waals surface area contributed by atoms with Crippen molar-refractivity contribution in [2.45, 2.75) is 6.54 Å². The van der Waals surface area contributed by atoms with Crippen LogP contribution in [0.1, 0.15) is 5.56 Å². The van der Waals surface area contributed by atoms with Crippen molar-refractivity contribution in [2.24, 2.45) is 0 Å². The van der Waals surface area contributed by atoms with Gasteiger partial charge in [0.25, 0.3) is 0 Å². The highest BCUT2D eigenvalue weighted by molar-refractivity contribution is 6.44. The zero-order valence-corrected chi connectivity index (χ0v) is 13.1. The van der Waals surface area contributed by atoms with Crippen LogP contribution in [0, 0.1) is 11.3 Å². The van der Waals surface area contributed by atoms with E-state index in [1.165, 1.54) is 0 Å². The molecule has 0 saturated heterocycles. The third-order valence-electron chi connectivity index (χ3n) is 2.77. The summed E-state index contributed by atoms with van der Waals surface area (Å²) in [5.74, 6) is 0.640. The quantitative estimate of drug-likeness (QED) is 0.764. The maximum Gasteiger partial charge on any atom is 0.174 e. The number of benzene rings is 2. The first-order valence-electron chi connectivity index (χ1n) is 6.08. The molecule has 0 aliphatic rings. The lowest BCUT2D eigenvalue weighted by Gasteiger charge is -2.11. The molecule has 0 saturated carbocycles. The minimum absolute atomic E-state index is 0.0283. The van der Waals surface area contributed by atoms with Gasteiger partial charge in [-0.05, 0) is 36.4 Å². The van der Waals surface area contributed by atoms with E-state index in [0.29, 0.717) is 27.4 Å². The van der Waals surface area contributed by atoms with E-state index in [1.807, 2.05) is 18.2 Å². The fraction of sp³-hybridized carbons (Fsp3) is 0.133. The lowest BCUT2D eigenvalue weighted by atomic mass is 10.2. The second-order valence-electron chi connectivity index (χ2n) is 4.15. The molecule has 0 atom stereocenters. The molecule has 21 heavy (non-hydrogen) atoms. The molecule has 0 unspecified atom stereocenters. The van der Waals surface area contributed by atoms with Gasteiger partial charge in [0, 0.05) is 22.8 Å². The van der Waals surface area contributed by atoms with Crippen LogP contribution in [0.25, 0.3) is 0 Å². The Labute approximate surface area is 138 Å². The monoisotopic (exact) mass is 340 g/mol. The van der Waals surface area contributed by atoms with Crippen molar-refractivity contribution in [2.75, 3.05) is 11.9 Å². The van der Waals surface area contributed by atoms with E-state index >= 15 is 0 Å². The summed E-state index contributed by atoms with van der Waals surface area (Å²) in [6.07, 6.45) is 0. The lowest BCUT2D eigenvalue weighted by Crippen LogP contribution is -2.01. The summed E-state index contributed by atoms with van der Waals surface area (Å²) >= 11 is 18.2. The lowest BCUT2D eigenvalue weighted by molar-refractivity contribution is 0.368. The SMILES string of the molecule is N#CCOc1ccc(NCc2c(Cl)ccc(Cl)c2Cl)cc1. The summed E-state index contributed by atoms with van der Waals surface area (Å²) in [7, 11) is 0. The molecule has 1 N–H and O–H groups in total. The minimum Gasteiger partial charge on any atom is -0.479 e. The highest BCUT2D eigenvalue weighted by Crippen LogP contribution is 2.32. The molecule has 0 aliphatic carbocycles. The number of hydrogen-bond donors (Lipinski definition) is 1. The van der Waals surface area contributed by atoms with E-state index in [1.54, 1.807) is 24.3 Å². The summed E-state index contributed by atoms with van der Waals surface area (Å²) in [5.41, 5.74) is 1.63. The Bertz CT molecular complexity index is 666. The topological polar surface area (TPSA) is 45.0 Å². The Morgan fingerprint density at radius 3 is 2.33 bits per heavy atom. The summed E-state index contributed by atoms with van der Waals surface area (Å²) in [5, 5.41) is 13.1. The van der Waals surface area contributed by atoms with Crippen molar-refractivity contribution in [3.8, 4) is 11.8 Å². The van der Waals surface area contributed by atoms with Crippen LogP contribution in [0.15, 0.2) is 36.4 Å². The van der Waals surface area contributed by atoms with Crippen LogP contribution < -0.4 is 10.1 Å². The average molecular weight is 342 g/mol. The number of nitrogens with zero attached hydrogens (tertiary/aromatic N) is 1. The molecule has 0 aliphatic heterocycles. The van der Waals surface area contributed by atoms with Gasteiger partial charge in [-0.2, -0.15) is 5.26 Å². The average Bonchev–Trinajstić information content (AvgIpc) is 2.50. The Kier molecular flexibility index (Phi) is 5.58. The third-order valence-corrected chi connectivity index (χ3v) is 3.96. The highest BCUT2D eigenvalue weighted by atomic mass is 35.5. The van der Waals surface area contributed by atoms with Gasteiger partial charge in [0.1, 0.15) is 11.8 Å². The molecule has 0 spiro atoms. The van der Waals surface area contributed by atoms with E-state index < -0.39 is 0 Å². The van der Waals surface area contributed by atoms with Crippen molar-refractivity contribution in [3.05, 3.63) is 57.0 Å². The molecule has 108 valence electrons. The van der Waals surface area contributed by atoms with Crippen LogP contribution in [0.4, 0.5) is 5.69 Å². The largest absolute Gasteiger partial charge is 0.479 e. The predicted molar refractivity (Wildman–Crippen MR) is 86.3 cm³/mol. The van der Waals surface area contributed by atoms with Crippen molar-refractivity contribution >= 4 is 40.5 Å². The van der Waals surface area contributed by atoms with Gasteiger partial charge in [0.15, 0.2) is 6.61 Å². The highest BCUT2D eigenvalue weighted by Gasteiger charge is 2.09. The van der Waals surface area contributed by atoms with Crippen LogP contribution in [-0.2, 0) is 6.54 Å². The summed E-state index contributed by atoms with van der Waals surface area (Å²) in [6.45, 7) is 0.483. The van der Waals surface area contributed by atoms with Gasteiger partial charge in [-0.1, -0.05) is 34.8 Å². The molecule has 0 fully saturated rings. The summed E-state index contributed by atoms with van der Waals surface area (Å²) in [6, 6.07) is 12.5. The molecule has 2 aromatic rings. The molecular weight excluding hydrogens is 331 g/mol. The van der Waals surface area contributed by atoms with E-state index in [2.05, 4.69) is 5.32 Å². The molecule has 2 aromatic carbocycles. The number of halogens is 3. The van der Waals surface area contributed by atoms with Gasteiger partial charge in [-0.25, -0.2) is 0 Å². The fourth-order valence-corrected chi connectivity index (χ4v) is 2.39. The first-order chi connectivity index (χ1) is 10.1. The Hall–Kier alpha value is -1.60. The van der Waals surface area contributed by atoms with E-state index in [9.17, 15) is 0 Å². The number of ether oxygens (including phenoxy) is 1. The maximum atomic E-state index is 8.44. The first-order valence-corrected chi connectivity index (χ1v) is 7.21. The van der Waals surface area contributed by atoms with Gasteiger partial charge in [-0.3, -0.25) is 0 Å². The van der Waals surface area contributed by atoms with Gasteiger partial charge in [-0.15, -0.1) is 0 Å². The van der Waals surface area contributed by atoms with Crippen LogP contribution in [0.3, 0.4) is 0 Å². The number of hydrogen-bond acceptors (Lipinski definition) is 3. The maximum absolute atomic E-state index is 8.44. The van der Waals surface area contributed by atoms with Crippen molar-refractivity contribution in [1.29, 1.82) is 5.26 Å². The third kappa shape index (κ3) is 4.18. The van der Waals surface area contributed by atoms with Crippen LogP contribution >= 0.6 is 34.8 Å². The second-order valence-corrected chi connectivity index (χ2v) is 5.34. The summed E-state index contributed by atoms with van der Waals surface area (Å²) in [4.78, 5) is 0. The Morgan fingerprint density at radius 2 is 1.67 bits per heavy atom. The van der Waals surface area contributed by atoms with Crippen molar-refractivity contribution in [1.82, 2.24) is 0 Å². The molecule has 0 amide bonds. The molecule has 0 bridgehead atoms. The predicted octanol–water partition coefficient (Wildman–Crippen LogP) is 5.16. The summed E-state index contributed by atoms with van der Waals surface area (Å²) < 4.78 is 5.18. The number of anilines is 1. The number of rotatable bonds is 5. The number of nitrogens with one attached hydrogen (secondary N) is 1. The molecule has 2 rings (SSSR count). The van der Waals surface area contributed by atoms with Crippen LogP contribution in [-0.4, -0.2) is 6.61 Å². The van der Waals surface area contributed by atoms with E-state index in [0.717, 1.165) is 11.3 Å². The fourth-order valence-electron chi connectivity index (χ4n) is 1.71. The van der Waals surface area contributed by atoms with Gasteiger partial charge < -0.3 is 10.1 Å². The molecule has 6 heteroatoms. The van der Waals surface area contributed by atoms with Crippen molar-refractivity contribution in [3.63, 3.8) is 0 Å². The van der Waals surface area contributed by atoms with Gasteiger partial charge in [0.05, 0.1) is 10.0 Å². The molecule has 3 nitrogen and oxygen atoms in total. The molecular formula is C15H11Cl3N2O. The molecule has 0 aromatic heterocycles. The number of nitriles is 1. The van der Waals surface area contributed by atoms with Crippen LogP contribution in [0.5, 0.6) is 5.75 Å². The smallest absolute Gasteiger partial charge is 0.174 e. The Morgan fingerprint density at radius 1 is 1.00 bits per heavy atom. The Balaban J connectivity index is 2.04. The zero-order chi connectivity index (χ0) is 15.2. The van der Waals surface area contributed by atoms with Crippen molar-refractivity contribution < 1.29 is 4.74 Å². The minimum atomic E-state index is 0.0283. The van der Waals surface area contributed by atoms with Gasteiger partial charge >= 0.3 is 0 Å². The van der Waals surface area contributed by atoms with E-state index in [4.69, 9.17) is 44.8 Å². The van der Waals surface area contributed by atoms with Crippen LogP contribution in [0.2, 0.25) is 15.1 Å². The normalized spacial score (nSPS) is 10.0. The molecule has 0 radical (unpaired) electrons.